The lowest BCUT2D eigenvalue weighted by Gasteiger charge is -2.26. The molecule has 8 heteroatoms. The van der Waals surface area contributed by atoms with Crippen LogP contribution in [0.3, 0.4) is 0 Å². The monoisotopic (exact) mass is 491 g/mol. The lowest BCUT2D eigenvalue weighted by Crippen LogP contribution is -2.48. The zero-order valence-electron chi connectivity index (χ0n) is 16.4. The van der Waals surface area contributed by atoms with Crippen molar-refractivity contribution in [2.24, 2.45) is 10.9 Å². The van der Waals surface area contributed by atoms with Gasteiger partial charge >= 0.3 is 0 Å². The minimum absolute atomic E-state index is 0. The Morgan fingerprint density at radius 3 is 2.33 bits per heavy atom. The second kappa shape index (κ2) is 11.1. The Morgan fingerprint density at radius 1 is 0.963 bits per heavy atom. The minimum Gasteiger partial charge on any atom is -0.352 e. The molecule has 2 heterocycles. The number of carbonyl (C=O) groups excluding carboxylic acids is 2. The van der Waals surface area contributed by atoms with E-state index in [4.69, 9.17) is 0 Å². The number of nitrogens with zero attached hydrogens (tertiary/aromatic N) is 3. The molecular formula is C19H34IN5O2. The average molecular weight is 491 g/mol. The van der Waals surface area contributed by atoms with Gasteiger partial charge in [0, 0.05) is 45.2 Å². The van der Waals surface area contributed by atoms with Crippen molar-refractivity contribution in [1.29, 1.82) is 0 Å². The molecule has 3 rings (SSSR count). The van der Waals surface area contributed by atoms with E-state index < -0.39 is 0 Å². The van der Waals surface area contributed by atoms with Crippen LogP contribution in [0.5, 0.6) is 0 Å². The molecule has 2 saturated heterocycles. The predicted octanol–water partition coefficient (Wildman–Crippen LogP) is 1.57. The fourth-order valence-corrected chi connectivity index (χ4v) is 4.31. The molecule has 1 unspecified atom stereocenters. The van der Waals surface area contributed by atoms with Crippen molar-refractivity contribution in [2.45, 2.75) is 57.4 Å². The third-order valence-electron chi connectivity index (χ3n) is 5.88. The predicted molar refractivity (Wildman–Crippen MR) is 117 cm³/mol. The third-order valence-corrected chi connectivity index (χ3v) is 5.88. The molecule has 1 saturated carbocycles. The van der Waals surface area contributed by atoms with Crippen LogP contribution < -0.4 is 10.6 Å². The Labute approximate surface area is 179 Å². The summed E-state index contributed by atoms with van der Waals surface area (Å²) in [5.74, 6) is 1.35. The van der Waals surface area contributed by atoms with E-state index in [0.29, 0.717) is 11.9 Å². The van der Waals surface area contributed by atoms with E-state index in [2.05, 4.69) is 15.6 Å². The zero-order chi connectivity index (χ0) is 18.4. The number of hydrogen-bond donors (Lipinski definition) is 2. The van der Waals surface area contributed by atoms with Crippen LogP contribution in [-0.4, -0.2) is 73.4 Å². The van der Waals surface area contributed by atoms with Gasteiger partial charge in [0.05, 0.1) is 6.54 Å². The van der Waals surface area contributed by atoms with Gasteiger partial charge in [0.2, 0.25) is 11.8 Å². The van der Waals surface area contributed by atoms with Gasteiger partial charge in [0.15, 0.2) is 5.96 Å². The second-order valence-electron chi connectivity index (χ2n) is 7.76. The minimum atomic E-state index is 0. The molecule has 2 N–H and O–H groups in total. The standard InChI is InChI=1S/C19H33N5O2.HI/c1-20-19(21-13-17(25)23-10-5-6-11-23)22-16-9-12-24(14-16)18(26)15-7-3-2-4-8-15;/h15-16H,2-14H2,1H3,(H2,20,21,22);1H. The van der Waals surface area contributed by atoms with Crippen LogP contribution in [0.4, 0.5) is 0 Å². The van der Waals surface area contributed by atoms with Gasteiger partial charge in [-0.1, -0.05) is 19.3 Å². The Kier molecular flexibility index (Phi) is 9.11. The summed E-state index contributed by atoms with van der Waals surface area (Å²) in [6.45, 7) is 3.56. The number of carbonyl (C=O) groups is 2. The highest BCUT2D eigenvalue weighted by Gasteiger charge is 2.31. The molecule has 0 bridgehead atoms. The molecule has 0 aromatic rings. The van der Waals surface area contributed by atoms with Crippen LogP contribution >= 0.6 is 24.0 Å². The number of rotatable bonds is 4. The summed E-state index contributed by atoms with van der Waals surface area (Å²) in [7, 11) is 1.72. The highest BCUT2D eigenvalue weighted by atomic mass is 127. The molecule has 2 amide bonds. The molecule has 2 aliphatic heterocycles. The summed E-state index contributed by atoms with van der Waals surface area (Å²) in [6, 6.07) is 0.204. The molecule has 0 aromatic heterocycles. The van der Waals surface area contributed by atoms with Crippen LogP contribution in [0.1, 0.15) is 51.4 Å². The number of amides is 2. The van der Waals surface area contributed by atoms with Crippen LogP contribution in [-0.2, 0) is 9.59 Å². The number of aliphatic imine (C=N–C) groups is 1. The second-order valence-corrected chi connectivity index (χ2v) is 7.76. The molecular weight excluding hydrogens is 457 g/mol. The lowest BCUT2D eigenvalue weighted by atomic mass is 9.88. The highest BCUT2D eigenvalue weighted by Crippen LogP contribution is 2.26. The first-order chi connectivity index (χ1) is 12.7. The first-order valence-electron chi connectivity index (χ1n) is 10.2. The third kappa shape index (κ3) is 6.22. The molecule has 3 aliphatic rings. The van der Waals surface area contributed by atoms with E-state index in [0.717, 1.165) is 58.3 Å². The molecule has 27 heavy (non-hydrogen) atoms. The van der Waals surface area contributed by atoms with Crippen molar-refractivity contribution in [3.05, 3.63) is 0 Å². The van der Waals surface area contributed by atoms with Crippen molar-refractivity contribution >= 4 is 41.8 Å². The van der Waals surface area contributed by atoms with Gasteiger partial charge in [-0.05, 0) is 32.1 Å². The summed E-state index contributed by atoms with van der Waals surface area (Å²) in [5, 5.41) is 6.50. The van der Waals surface area contributed by atoms with E-state index in [9.17, 15) is 9.59 Å². The van der Waals surface area contributed by atoms with Gasteiger partial charge in [-0.15, -0.1) is 24.0 Å². The topological polar surface area (TPSA) is 77.0 Å². The van der Waals surface area contributed by atoms with Crippen LogP contribution in [0.15, 0.2) is 4.99 Å². The van der Waals surface area contributed by atoms with Crippen LogP contribution in [0.2, 0.25) is 0 Å². The maximum Gasteiger partial charge on any atom is 0.241 e. The smallest absolute Gasteiger partial charge is 0.241 e. The molecule has 7 nitrogen and oxygen atoms in total. The van der Waals surface area contributed by atoms with Gasteiger partial charge in [-0.25, -0.2) is 0 Å². The van der Waals surface area contributed by atoms with Gasteiger partial charge < -0.3 is 20.4 Å². The van der Waals surface area contributed by atoms with Crippen LogP contribution in [0, 0.1) is 5.92 Å². The van der Waals surface area contributed by atoms with Crippen LogP contribution in [0.25, 0.3) is 0 Å². The first-order valence-corrected chi connectivity index (χ1v) is 10.2. The van der Waals surface area contributed by atoms with E-state index in [1.54, 1.807) is 7.05 Å². The molecule has 0 aromatic carbocycles. The molecule has 0 radical (unpaired) electrons. The Balaban J connectivity index is 0.00000261. The number of hydrogen-bond acceptors (Lipinski definition) is 3. The zero-order valence-corrected chi connectivity index (χ0v) is 18.7. The fraction of sp³-hybridized carbons (Fsp3) is 0.842. The van der Waals surface area contributed by atoms with Gasteiger partial charge in [-0.3, -0.25) is 14.6 Å². The normalized spacial score (nSPS) is 23.9. The first kappa shape index (κ1) is 22.2. The summed E-state index contributed by atoms with van der Waals surface area (Å²) >= 11 is 0. The quantitative estimate of drug-likeness (QED) is 0.356. The largest absolute Gasteiger partial charge is 0.352 e. The fourth-order valence-electron chi connectivity index (χ4n) is 4.31. The molecule has 0 spiro atoms. The Bertz CT molecular complexity index is 530. The van der Waals surface area contributed by atoms with E-state index in [1.165, 1.54) is 19.3 Å². The van der Waals surface area contributed by atoms with Gasteiger partial charge in [0.1, 0.15) is 0 Å². The van der Waals surface area contributed by atoms with E-state index in [-0.39, 0.29) is 48.4 Å². The van der Waals surface area contributed by atoms with Crippen molar-refractivity contribution in [1.82, 2.24) is 20.4 Å². The average Bonchev–Trinajstić information content (AvgIpc) is 3.37. The lowest BCUT2D eigenvalue weighted by molar-refractivity contribution is -0.135. The number of halogens is 1. The summed E-state index contributed by atoms with van der Waals surface area (Å²) < 4.78 is 0. The maximum atomic E-state index is 12.7. The molecule has 3 fully saturated rings. The van der Waals surface area contributed by atoms with Crippen molar-refractivity contribution < 1.29 is 9.59 Å². The number of nitrogens with one attached hydrogen (secondary N) is 2. The van der Waals surface area contributed by atoms with Gasteiger partial charge in [0.25, 0.3) is 0 Å². The van der Waals surface area contributed by atoms with Gasteiger partial charge in [-0.2, -0.15) is 0 Å². The SMILES string of the molecule is CN=C(NCC(=O)N1CCCC1)NC1CCN(C(=O)C2CCCCC2)C1.I. The van der Waals surface area contributed by atoms with E-state index in [1.807, 2.05) is 9.80 Å². The highest BCUT2D eigenvalue weighted by molar-refractivity contribution is 14.0. The summed E-state index contributed by atoms with van der Waals surface area (Å²) in [5.41, 5.74) is 0. The maximum absolute atomic E-state index is 12.7. The molecule has 1 aliphatic carbocycles. The van der Waals surface area contributed by atoms with Crippen molar-refractivity contribution in [2.75, 3.05) is 39.8 Å². The Morgan fingerprint density at radius 2 is 1.67 bits per heavy atom. The van der Waals surface area contributed by atoms with Crippen molar-refractivity contribution in [3.8, 4) is 0 Å². The summed E-state index contributed by atoms with van der Waals surface area (Å²) in [4.78, 5) is 33.0. The molecule has 154 valence electrons. The summed E-state index contributed by atoms with van der Waals surface area (Å²) in [6.07, 6.45) is 8.88. The number of likely N-dealkylation sites (tertiary alicyclic amines) is 2. The Hall–Kier alpha value is -1.06. The van der Waals surface area contributed by atoms with Crippen molar-refractivity contribution in [3.63, 3.8) is 0 Å². The van der Waals surface area contributed by atoms with E-state index >= 15 is 0 Å². The molecule has 1 atom stereocenters. The number of guanidine groups is 1.